The lowest BCUT2D eigenvalue weighted by atomic mass is 9.55. The highest BCUT2D eigenvalue weighted by Gasteiger charge is 2.57. The van der Waals surface area contributed by atoms with Crippen molar-refractivity contribution in [3.63, 3.8) is 0 Å². The van der Waals surface area contributed by atoms with E-state index in [-0.39, 0.29) is 30.9 Å². The lowest BCUT2D eigenvalue weighted by Crippen LogP contribution is -2.51. The molecule has 0 saturated heterocycles. The zero-order valence-electron chi connectivity index (χ0n) is 20.0. The molecule has 3 aliphatic carbocycles. The molecule has 4 rings (SSSR count). The molecule has 8 heteroatoms. The van der Waals surface area contributed by atoms with E-state index in [0.717, 1.165) is 17.2 Å². The second-order valence-corrected chi connectivity index (χ2v) is 15.6. The van der Waals surface area contributed by atoms with Gasteiger partial charge in [-0.1, -0.05) is 50.4 Å². The smallest absolute Gasteiger partial charge is 0.310 e. The van der Waals surface area contributed by atoms with Crippen LogP contribution >= 0.6 is 0 Å². The van der Waals surface area contributed by atoms with Crippen LogP contribution in [0.2, 0.25) is 25.7 Å². The van der Waals surface area contributed by atoms with Crippen molar-refractivity contribution in [3.8, 4) is 5.75 Å². The van der Waals surface area contributed by atoms with Crippen molar-refractivity contribution in [2.24, 2.45) is 17.0 Å². The Labute approximate surface area is 196 Å². The Kier molecular flexibility index (Phi) is 7.99. The number of esters is 2. The highest BCUT2D eigenvalue weighted by atomic mass is 28.3. The van der Waals surface area contributed by atoms with Crippen molar-refractivity contribution >= 4 is 25.7 Å². The number of phenols is 1. The van der Waals surface area contributed by atoms with E-state index in [4.69, 9.17) is 14.3 Å². The molecule has 0 spiro atoms. The topological polar surface area (TPSA) is 94.4 Å². The van der Waals surface area contributed by atoms with E-state index < -0.39 is 31.8 Å². The minimum Gasteiger partial charge on any atom is -0.508 e. The van der Waals surface area contributed by atoms with Crippen molar-refractivity contribution in [2.75, 3.05) is 19.8 Å². The molecule has 0 amide bonds. The summed E-state index contributed by atoms with van der Waals surface area (Å²) in [5, 5.41) is 14.5. The van der Waals surface area contributed by atoms with Gasteiger partial charge >= 0.3 is 11.9 Å². The molecule has 1 saturated carbocycles. The molecule has 0 aliphatic heterocycles. The number of rotatable bonds is 10. The summed E-state index contributed by atoms with van der Waals surface area (Å²) in [7, 11) is -1.38. The maximum Gasteiger partial charge on any atom is 0.310 e. The van der Waals surface area contributed by atoms with E-state index in [1.54, 1.807) is 18.2 Å². The predicted octanol–water partition coefficient (Wildman–Crippen LogP) is 4.60. The van der Waals surface area contributed by atoms with E-state index in [1.165, 1.54) is 0 Å². The standard InChI is InChI=1S/C25H35NO6Si/c1-6-10-30-25(29)23-21-18-14-16(27)8-9-17(18)19(15-20(21)26-32-11-7-2)22(23)24(28)31-12-13-33(3,4)5/h7-9,14,19,21-23,27H,2,6,10-13,15H2,1,3-5H3/t19?,21-,22?,23-/m1/s1. The van der Waals surface area contributed by atoms with Crippen LogP contribution in [-0.4, -0.2) is 50.7 Å². The Bertz CT molecular complexity index is 922. The summed E-state index contributed by atoms with van der Waals surface area (Å²) in [6.07, 6.45) is 2.75. The Balaban J connectivity index is 2.01. The van der Waals surface area contributed by atoms with E-state index in [2.05, 4.69) is 31.4 Å². The normalized spacial score (nSPS) is 24.8. The van der Waals surface area contributed by atoms with Crippen molar-refractivity contribution < 1.29 is 29.0 Å². The van der Waals surface area contributed by atoms with Gasteiger partial charge in [0.1, 0.15) is 12.4 Å². The molecular formula is C25H35NO6Si. The fraction of sp³-hybridized carbons (Fsp3) is 0.560. The van der Waals surface area contributed by atoms with Crippen LogP contribution < -0.4 is 0 Å². The summed E-state index contributed by atoms with van der Waals surface area (Å²) in [4.78, 5) is 32.0. The number of aromatic hydroxyl groups is 1. The lowest BCUT2D eigenvalue weighted by Gasteiger charge is -2.47. The highest BCUT2D eigenvalue weighted by molar-refractivity contribution is 6.76. The quantitative estimate of drug-likeness (QED) is 0.175. The molecule has 7 nitrogen and oxygen atoms in total. The number of oxime groups is 1. The molecule has 1 N–H and O–H groups in total. The summed E-state index contributed by atoms with van der Waals surface area (Å²) in [5.74, 6) is -3.00. The average Bonchev–Trinajstić information content (AvgIpc) is 2.76. The van der Waals surface area contributed by atoms with Gasteiger partial charge in [0.15, 0.2) is 0 Å². The van der Waals surface area contributed by atoms with E-state index in [1.807, 2.05) is 13.0 Å². The van der Waals surface area contributed by atoms with Gasteiger partial charge in [-0.2, -0.15) is 0 Å². The first kappa shape index (κ1) is 25.0. The Morgan fingerprint density at radius 2 is 1.85 bits per heavy atom. The first-order valence-corrected chi connectivity index (χ1v) is 15.3. The van der Waals surface area contributed by atoms with Crippen LogP contribution in [-0.2, 0) is 23.9 Å². The summed E-state index contributed by atoms with van der Waals surface area (Å²) in [5.41, 5.74) is 2.40. The molecule has 2 bridgehead atoms. The molecule has 33 heavy (non-hydrogen) atoms. The van der Waals surface area contributed by atoms with E-state index in [0.29, 0.717) is 25.2 Å². The maximum absolute atomic E-state index is 13.4. The van der Waals surface area contributed by atoms with Crippen LogP contribution in [0, 0.1) is 11.8 Å². The van der Waals surface area contributed by atoms with Crippen LogP contribution in [0.4, 0.5) is 0 Å². The molecule has 1 fully saturated rings. The van der Waals surface area contributed by atoms with Gasteiger partial charge in [-0.3, -0.25) is 9.59 Å². The number of fused-ring (bicyclic) bond motifs is 2. The summed E-state index contributed by atoms with van der Waals surface area (Å²) < 4.78 is 11.2. The third kappa shape index (κ3) is 5.66. The average molecular weight is 474 g/mol. The van der Waals surface area contributed by atoms with Crippen LogP contribution in [0.15, 0.2) is 36.0 Å². The summed E-state index contributed by atoms with van der Waals surface area (Å²) in [6.45, 7) is 13.1. The van der Waals surface area contributed by atoms with E-state index in [9.17, 15) is 14.7 Å². The van der Waals surface area contributed by atoms with Crippen molar-refractivity contribution in [1.82, 2.24) is 0 Å². The third-order valence-corrected chi connectivity index (χ3v) is 7.94. The molecule has 4 atom stereocenters. The number of ether oxygens (including phenoxy) is 2. The Morgan fingerprint density at radius 1 is 1.15 bits per heavy atom. The molecular weight excluding hydrogens is 438 g/mol. The predicted molar refractivity (Wildman–Crippen MR) is 129 cm³/mol. The van der Waals surface area contributed by atoms with Gasteiger partial charge in [-0.25, -0.2) is 0 Å². The monoisotopic (exact) mass is 473 g/mol. The zero-order valence-corrected chi connectivity index (χ0v) is 21.0. The van der Waals surface area contributed by atoms with Gasteiger partial charge in [-0.15, -0.1) is 0 Å². The van der Waals surface area contributed by atoms with Crippen molar-refractivity contribution in [2.45, 2.75) is 57.3 Å². The number of hydrogen-bond donors (Lipinski definition) is 1. The number of benzene rings is 1. The minimum atomic E-state index is -1.38. The molecule has 0 radical (unpaired) electrons. The SMILES string of the molecule is C=CCON=C1CC2c3ccc(O)cc3[C@H]1[C@@H](C(=O)OCCC)C2C(=O)OCC[Si](C)(C)C. The lowest BCUT2D eigenvalue weighted by molar-refractivity contribution is -0.163. The van der Waals surface area contributed by atoms with Crippen LogP contribution in [0.1, 0.15) is 42.7 Å². The van der Waals surface area contributed by atoms with Gasteiger partial charge in [-0.05, 0) is 42.1 Å². The molecule has 180 valence electrons. The second kappa shape index (κ2) is 10.5. The summed E-state index contributed by atoms with van der Waals surface area (Å²) in [6, 6.07) is 5.96. The second-order valence-electron chi connectivity index (χ2n) is 9.97. The van der Waals surface area contributed by atoms with Crippen LogP contribution in [0.25, 0.3) is 0 Å². The van der Waals surface area contributed by atoms with Gasteiger partial charge < -0.3 is 19.4 Å². The summed E-state index contributed by atoms with van der Waals surface area (Å²) >= 11 is 0. The molecule has 1 aromatic rings. The Hall–Kier alpha value is -2.61. The molecule has 2 unspecified atom stereocenters. The number of phenolic OH excluding ortho intramolecular Hbond substituents is 1. The van der Waals surface area contributed by atoms with Gasteiger partial charge in [0, 0.05) is 19.9 Å². The fourth-order valence-corrected chi connectivity index (χ4v) is 5.42. The highest BCUT2D eigenvalue weighted by Crippen LogP contribution is 2.55. The molecule has 0 heterocycles. The molecule has 1 aromatic carbocycles. The number of carbonyl (C=O) groups excluding carboxylic acids is 2. The van der Waals surface area contributed by atoms with Crippen molar-refractivity contribution in [3.05, 3.63) is 42.0 Å². The van der Waals surface area contributed by atoms with Crippen LogP contribution in [0.5, 0.6) is 5.75 Å². The van der Waals surface area contributed by atoms with E-state index >= 15 is 0 Å². The molecule has 3 aliphatic rings. The van der Waals surface area contributed by atoms with Gasteiger partial charge in [0.25, 0.3) is 0 Å². The first-order chi connectivity index (χ1) is 15.7. The molecule has 0 aromatic heterocycles. The third-order valence-electron chi connectivity index (χ3n) is 6.24. The van der Waals surface area contributed by atoms with Crippen molar-refractivity contribution in [1.29, 1.82) is 0 Å². The van der Waals surface area contributed by atoms with Gasteiger partial charge in [0.05, 0.1) is 30.8 Å². The first-order valence-electron chi connectivity index (χ1n) is 11.6. The number of nitrogens with zero attached hydrogens (tertiary/aromatic N) is 1. The number of hydrogen-bond acceptors (Lipinski definition) is 7. The van der Waals surface area contributed by atoms with Crippen LogP contribution in [0.3, 0.4) is 0 Å². The largest absolute Gasteiger partial charge is 0.508 e. The van der Waals surface area contributed by atoms with Gasteiger partial charge in [0.2, 0.25) is 0 Å². The minimum absolute atomic E-state index is 0.0996. The number of carbonyl (C=O) groups is 2. The maximum atomic E-state index is 13.4. The zero-order chi connectivity index (χ0) is 24.2. The fourth-order valence-electron chi connectivity index (χ4n) is 4.70. The Morgan fingerprint density at radius 3 is 2.52 bits per heavy atom.